The van der Waals surface area contributed by atoms with E-state index in [9.17, 15) is 5.11 Å². The summed E-state index contributed by atoms with van der Waals surface area (Å²) in [6.45, 7) is 5.98. The van der Waals surface area contributed by atoms with E-state index in [2.05, 4.69) is 19.9 Å². The van der Waals surface area contributed by atoms with Crippen molar-refractivity contribution in [2.45, 2.75) is 26.7 Å². The van der Waals surface area contributed by atoms with Crippen LogP contribution in [0.5, 0.6) is 5.88 Å². The highest BCUT2D eigenvalue weighted by Gasteiger charge is 2.19. The molecule has 3 rings (SSSR count). The Labute approximate surface area is 128 Å². The van der Waals surface area contributed by atoms with Gasteiger partial charge in [-0.05, 0) is 24.5 Å². The molecule has 0 saturated heterocycles. The molecule has 112 valence electrons. The fraction of sp³-hybridized carbons (Fsp3) is 0.250. The van der Waals surface area contributed by atoms with Crippen molar-refractivity contribution in [2.24, 2.45) is 0 Å². The van der Waals surface area contributed by atoms with Crippen molar-refractivity contribution in [1.29, 1.82) is 0 Å². The van der Waals surface area contributed by atoms with Gasteiger partial charge in [0.1, 0.15) is 6.33 Å². The quantitative estimate of drug-likeness (QED) is 0.804. The highest BCUT2D eigenvalue weighted by Crippen LogP contribution is 2.33. The van der Waals surface area contributed by atoms with Crippen LogP contribution >= 0.6 is 0 Å². The fourth-order valence-electron chi connectivity index (χ4n) is 2.38. The Balaban J connectivity index is 2.25. The molecule has 3 heterocycles. The van der Waals surface area contributed by atoms with Crippen molar-refractivity contribution in [3.05, 3.63) is 48.3 Å². The van der Waals surface area contributed by atoms with Crippen molar-refractivity contribution in [3.8, 4) is 23.1 Å². The van der Waals surface area contributed by atoms with Gasteiger partial charge in [-0.2, -0.15) is 4.98 Å². The maximum atomic E-state index is 10.4. The molecule has 0 aromatic carbocycles. The van der Waals surface area contributed by atoms with Gasteiger partial charge in [0.15, 0.2) is 0 Å². The molecular weight excluding hydrogens is 278 g/mol. The van der Waals surface area contributed by atoms with Crippen LogP contribution in [0.4, 0.5) is 0 Å². The van der Waals surface area contributed by atoms with Crippen LogP contribution in [-0.4, -0.2) is 29.6 Å². The molecule has 6 nitrogen and oxygen atoms in total. The third-order valence-electron chi connectivity index (χ3n) is 3.37. The van der Waals surface area contributed by atoms with E-state index in [0.29, 0.717) is 11.6 Å². The zero-order chi connectivity index (χ0) is 15.7. The lowest BCUT2D eigenvalue weighted by molar-refractivity contribution is 0.440. The number of aromatic hydroxyl groups is 1. The molecule has 3 aromatic rings. The van der Waals surface area contributed by atoms with Gasteiger partial charge in [0.25, 0.3) is 0 Å². The maximum Gasteiger partial charge on any atom is 0.238 e. The predicted octanol–water partition coefficient (Wildman–Crippen LogP) is 2.86. The third-order valence-corrected chi connectivity index (χ3v) is 3.37. The summed E-state index contributed by atoms with van der Waals surface area (Å²) in [5, 5.41) is 10.4. The lowest BCUT2D eigenvalue weighted by Crippen LogP contribution is -2.05. The molecule has 0 amide bonds. The Morgan fingerprint density at radius 1 is 1.14 bits per heavy atom. The first-order valence-corrected chi connectivity index (χ1v) is 7.07. The van der Waals surface area contributed by atoms with Crippen LogP contribution in [0.25, 0.3) is 17.2 Å². The van der Waals surface area contributed by atoms with Crippen LogP contribution in [0, 0.1) is 6.92 Å². The Kier molecular flexibility index (Phi) is 3.58. The summed E-state index contributed by atoms with van der Waals surface area (Å²) in [6, 6.07) is 2.00. The van der Waals surface area contributed by atoms with Gasteiger partial charge in [-0.3, -0.25) is 9.55 Å². The Morgan fingerprint density at radius 2 is 1.95 bits per heavy atom. The average molecular weight is 295 g/mol. The number of nitrogens with zero attached hydrogens (tertiary/aromatic N) is 5. The van der Waals surface area contributed by atoms with Crippen molar-refractivity contribution in [2.75, 3.05) is 0 Å². The molecule has 0 saturated carbocycles. The van der Waals surface area contributed by atoms with Crippen molar-refractivity contribution in [3.63, 3.8) is 0 Å². The van der Waals surface area contributed by atoms with Gasteiger partial charge < -0.3 is 5.11 Å². The largest absolute Gasteiger partial charge is 0.493 e. The Morgan fingerprint density at radius 3 is 2.59 bits per heavy atom. The molecule has 0 fully saturated rings. The van der Waals surface area contributed by atoms with E-state index in [-0.39, 0.29) is 11.8 Å². The van der Waals surface area contributed by atoms with Gasteiger partial charge in [-0.15, -0.1) is 0 Å². The van der Waals surface area contributed by atoms with Gasteiger partial charge >= 0.3 is 0 Å². The molecule has 3 aromatic heterocycles. The van der Waals surface area contributed by atoms with Gasteiger partial charge in [-0.1, -0.05) is 13.8 Å². The van der Waals surface area contributed by atoms with Crippen LogP contribution in [0.15, 0.2) is 37.2 Å². The number of aryl methyl sites for hydroxylation is 1. The minimum Gasteiger partial charge on any atom is -0.493 e. The summed E-state index contributed by atoms with van der Waals surface area (Å²) >= 11 is 0. The standard InChI is InChI=1S/C16H17N5O/c1-10(2)13-14(12-6-11(3)7-18-8-12)19-16(20-15(13)22)21-5-4-17-9-21/h4-10H,1-3H3,(H,19,20,22). The smallest absolute Gasteiger partial charge is 0.238 e. The second-order valence-corrected chi connectivity index (χ2v) is 5.49. The molecule has 22 heavy (non-hydrogen) atoms. The zero-order valence-electron chi connectivity index (χ0n) is 12.7. The first kappa shape index (κ1) is 14.2. The highest BCUT2D eigenvalue weighted by molar-refractivity contribution is 5.66. The Hall–Kier alpha value is -2.76. The van der Waals surface area contributed by atoms with Gasteiger partial charge in [-0.25, -0.2) is 9.97 Å². The third kappa shape index (κ3) is 2.55. The highest BCUT2D eigenvalue weighted by atomic mass is 16.3. The van der Waals surface area contributed by atoms with Crippen molar-refractivity contribution >= 4 is 0 Å². The first-order valence-electron chi connectivity index (χ1n) is 7.07. The van der Waals surface area contributed by atoms with Crippen molar-refractivity contribution < 1.29 is 5.11 Å². The molecule has 0 radical (unpaired) electrons. The fourth-order valence-corrected chi connectivity index (χ4v) is 2.38. The summed E-state index contributed by atoms with van der Waals surface area (Å²) in [5.74, 6) is 0.466. The normalized spacial score (nSPS) is 11.1. The summed E-state index contributed by atoms with van der Waals surface area (Å²) in [5.41, 5.74) is 3.32. The minimum atomic E-state index is -0.00907. The van der Waals surface area contributed by atoms with Crippen LogP contribution in [0.1, 0.15) is 30.9 Å². The molecular formula is C16H17N5O. The Bertz CT molecular complexity index is 796. The average Bonchev–Trinajstić information content (AvgIpc) is 3.00. The summed E-state index contributed by atoms with van der Waals surface area (Å²) in [7, 11) is 0. The molecule has 0 bridgehead atoms. The second-order valence-electron chi connectivity index (χ2n) is 5.49. The number of rotatable bonds is 3. The first-order chi connectivity index (χ1) is 10.6. The van der Waals surface area contributed by atoms with E-state index in [1.165, 1.54) is 0 Å². The summed E-state index contributed by atoms with van der Waals surface area (Å²) in [4.78, 5) is 17.0. The van der Waals surface area contributed by atoms with Crippen LogP contribution in [0.2, 0.25) is 0 Å². The van der Waals surface area contributed by atoms with Gasteiger partial charge in [0.2, 0.25) is 11.8 Å². The summed E-state index contributed by atoms with van der Waals surface area (Å²) < 4.78 is 1.66. The predicted molar refractivity (Wildman–Crippen MR) is 82.9 cm³/mol. The molecule has 1 N–H and O–H groups in total. The monoisotopic (exact) mass is 295 g/mol. The maximum absolute atomic E-state index is 10.4. The number of hydrogen-bond acceptors (Lipinski definition) is 5. The van der Waals surface area contributed by atoms with E-state index >= 15 is 0 Å². The van der Waals surface area contributed by atoms with Crippen LogP contribution in [-0.2, 0) is 0 Å². The topological polar surface area (TPSA) is 76.7 Å². The van der Waals surface area contributed by atoms with Gasteiger partial charge in [0, 0.05) is 35.9 Å². The zero-order valence-corrected chi connectivity index (χ0v) is 12.7. The van der Waals surface area contributed by atoms with E-state index < -0.39 is 0 Å². The SMILES string of the molecule is Cc1cncc(-c2nc(-n3ccnc3)nc(O)c2C(C)C)c1. The summed E-state index contributed by atoms with van der Waals surface area (Å²) in [6.07, 6.45) is 8.52. The number of aromatic nitrogens is 5. The van der Waals surface area contributed by atoms with E-state index in [0.717, 1.165) is 16.7 Å². The van der Waals surface area contributed by atoms with E-state index in [4.69, 9.17) is 0 Å². The lowest BCUT2D eigenvalue weighted by atomic mass is 9.98. The van der Waals surface area contributed by atoms with E-state index in [1.807, 2.05) is 26.8 Å². The lowest BCUT2D eigenvalue weighted by Gasteiger charge is -2.15. The molecule has 0 spiro atoms. The van der Waals surface area contributed by atoms with Gasteiger partial charge in [0.05, 0.1) is 5.69 Å². The second kappa shape index (κ2) is 5.55. The van der Waals surface area contributed by atoms with E-state index in [1.54, 1.807) is 35.7 Å². The van der Waals surface area contributed by atoms with Crippen molar-refractivity contribution in [1.82, 2.24) is 24.5 Å². The number of imidazole rings is 1. The molecule has 0 atom stereocenters. The number of hydrogen-bond donors (Lipinski definition) is 1. The molecule has 0 aliphatic heterocycles. The molecule has 6 heteroatoms. The molecule has 0 aliphatic carbocycles. The molecule has 0 aliphatic rings. The molecule has 0 unspecified atom stereocenters. The minimum absolute atomic E-state index is 0.00907. The number of pyridine rings is 1. The van der Waals surface area contributed by atoms with Crippen LogP contribution < -0.4 is 0 Å². The van der Waals surface area contributed by atoms with Crippen LogP contribution in [0.3, 0.4) is 0 Å².